The fourth-order valence-electron chi connectivity index (χ4n) is 9.61. The predicted molar refractivity (Wildman–Crippen MR) is 246 cm³/mol. The van der Waals surface area contributed by atoms with Crippen LogP contribution in [0, 0.1) is 5.92 Å². The standard InChI is InChI=1S/C56H45NO/c1-3-12-38(13-4-1)40-24-28-47(29-25-40)57(48-30-26-39-14-7-8-17-44(39)35-48)49-31-32-50(52(37-49)41-15-5-2-6-16-41)46-19-11-18-43(34-46)45-23-22-42-27-33-55-56(53(42)36-45)51-20-9-10-21-54(51)58-55/h3,5,7-24,26-30,32-37,40,49H,1-2,4,6,25,31H2. The number of furan rings is 1. The number of benzene rings is 6. The number of nitrogens with zero attached hydrogens (tertiary/aromatic N) is 1. The van der Waals surface area contributed by atoms with E-state index in [4.69, 9.17) is 4.42 Å². The summed E-state index contributed by atoms with van der Waals surface area (Å²) >= 11 is 0. The second kappa shape index (κ2) is 14.7. The van der Waals surface area contributed by atoms with Crippen molar-refractivity contribution in [2.24, 2.45) is 5.92 Å². The Bertz CT molecular complexity index is 3030. The first kappa shape index (κ1) is 34.6. The molecule has 1 heterocycles. The molecule has 1 aromatic heterocycles. The molecule has 2 heteroatoms. The molecule has 0 radical (unpaired) electrons. The first-order valence-corrected chi connectivity index (χ1v) is 21.0. The maximum Gasteiger partial charge on any atom is 0.136 e. The van der Waals surface area contributed by atoms with Crippen LogP contribution in [0.25, 0.3) is 60.2 Å². The lowest BCUT2D eigenvalue weighted by atomic mass is 9.82. The highest BCUT2D eigenvalue weighted by Crippen LogP contribution is 2.42. The molecule has 4 aliphatic carbocycles. The second-order valence-corrected chi connectivity index (χ2v) is 16.1. The van der Waals surface area contributed by atoms with Crippen molar-refractivity contribution >= 4 is 54.7 Å². The lowest BCUT2D eigenvalue weighted by Crippen LogP contribution is -2.34. The Balaban J connectivity index is 0.985. The van der Waals surface area contributed by atoms with E-state index in [-0.39, 0.29) is 6.04 Å². The molecule has 2 unspecified atom stereocenters. The van der Waals surface area contributed by atoms with Crippen LogP contribution < -0.4 is 4.90 Å². The summed E-state index contributed by atoms with van der Waals surface area (Å²) in [6, 6.07) is 44.5. The quantitative estimate of drug-likeness (QED) is 0.161. The van der Waals surface area contributed by atoms with Gasteiger partial charge in [-0.2, -0.15) is 0 Å². The van der Waals surface area contributed by atoms with E-state index in [1.807, 2.05) is 6.07 Å². The molecule has 0 bridgehead atoms. The van der Waals surface area contributed by atoms with E-state index in [9.17, 15) is 0 Å². The Hall–Kier alpha value is -6.64. The summed E-state index contributed by atoms with van der Waals surface area (Å²) in [6.07, 6.45) is 32.9. The Morgan fingerprint density at radius 2 is 1.33 bits per heavy atom. The SMILES string of the molecule is C1=CC(C2=CC(N(C3=CCC(C4=CCCC=C4)C=C3)c3ccc4ccccc4c3)CC=C2c2cccc(-c3ccc4ccc5oc6ccccc6c5c4c3)c2)=CCC1. The summed E-state index contributed by atoms with van der Waals surface area (Å²) in [4.78, 5) is 2.59. The molecule has 7 aromatic rings. The Labute approximate surface area is 340 Å². The van der Waals surface area contributed by atoms with Crippen molar-refractivity contribution in [2.75, 3.05) is 4.90 Å². The highest BCUT2D eigenvalue weighted by Gasteiger charge is 2.28. The molecule has 0 saturated carbocycles. The van der Waals surface area contributed by atoms with E-state index in [2.05, 4.69) is 187 Å². The van der Waals surface area contributed by atoms with Gasteiger partial charge in [0.05, 0.1) is 6.04 Å². The van der Waals surface area contributed by atoms with Crippen molar-refractivity contribution in [1.82, 2.24) is 0 Å². The van der Waals surface area contributed by atoms with Gasteiger partial charge in [0.1, 0.15) is 11.2 Å². The Morgan fingerprint density at radius 3 is 2.19 bits per heavy atom. The van der Waals surface area contributed by atoms with Gasteiger partial charge in [0.25, 0.3) is 0 Å². The molecular formula is C56H45NO. The molecule has 0 aliphatic heterocycles. The van der Waals surface area contributed by atoms with Crippen LogP contribution in [-0.4, -0.2) is 6.04 Å². The van der Waals surface area contributed by atoms with Crippen molar-refractivity contribution in [1.29, 1.82) is 0 Å². The Morgan fingerprint density at radius 1 is 0.517 bits per heavy atom. The molecule has 2 atom stereocenters. The van der Waals surface area contributed by atoms with Gasteiger partial charge < -0.3 is 9.32 Å². The fourth-order valence-corrected chi connectivity index (χ4v) is 9.61. The van der Waals surface area contributed by atoms with Crippen LogP contribution in [0.3, 0.4) is 0 Å². The van der Waals surface area contributed by atoms with Crippen LogP contribution in [0.1, 0.15) is 44.1 Å². The summed E-state index contributed by atoms with van der Waals surface area (Å²) in [7, 11) is 0. The smallest absolute Gasteiger partial charge is 0.136 e. The van der Waals surface area contributed by atoms with Gasteiger partial charge in [-0.25, -0.2) is 0 Å². The van der Waals surface area contributed by atoms with Gasteiger partial charge in [-0.1, -0.05) is 146 Å². The molecule has 2 nitrogen and oxygen atoms in total. The van der Waals surface area contributed by atoms with Gasteiger partial charge >= 0.3 is 0 Å². The minimum atomic E-state index is 0.147. The van der Waals surface area contributed by atoms with Crippen molar-refractivity contribution in [3.63, 3.8) is 0 Å². The number of hydrogen-bond donors (Lipinski definition) is 0. The maximum atomic E-state index is 6.28. The van der Waals surface area contributed by atoms with E-state index >= 15 is 0 Å². The van der Waals surface area contributed by atoms with Crippen molar-refractivity contribution in [3.05, 3.63) is 216 Å². The van der Waals surface area contributed by atoms with Gasteiger partial charge in [0.15, 0.2) is 0 Å². The van der Waals surface area contributed by atoms with Gasteiger partial charge in [0.2, 0.25) is 0 Å². The highest BCUT2D eigenvalue weighted by atomic mass is 16.3. The summed E-state index contributed by atoms with van der Waals surface area (Å²) in [5.74, 6) is 0.431. The average Bonchev–Trinajstić information content (AvgIpc) is 3.69. The summed E-state index contributed by atoms with van der Waals surface area (Å²) in [6.45, 7) is 0. The van der Waals surface area contributed by atoms with Crippen LogP contribution in [0.15, 0.2) is 215 Å². The van der Waals surface area contributed by atoms with E-state index in [1.54, 1.807) is 0 Å². The fraction of sp³-hybridized carbons (Fsp3) is 0.143. The van der Waals surface area contributed by atoms with Crippen LogP contribution in [0.4, 0.5) is 5.69 Å². The maximum absolute atomic E-state index is 6.28. The minimum absolute atomic E-state index is 0.147. The molecule has 0 spiro atoms. The number of fused-ring (bicyclic) bond motifs is 6. The van der Waals surface area contributed by atoms with Gasteiger partial charge in [-0.05, 0) is 142 Å². The number of anilines is 1. The zero-order valence-electron chi connectivity index (χ0n) is 32.7. The molecular weight excluding hydrogens is 703 g/mol. The molecule has 6 aromatic carbocycles. The topological polar surface area (TPSA) is 16.4 Å². The number of rotatable bonds is 7. The monoisotopic (exact) mass is 747 g/mol. The van der Waals surface area contributed by atoms with Crippen molar-refractivity contribution < 1.29 is 4.42 Å². The zero-order chi connectivity index (χ0) is 38.4. The number of para-hydroxylation sites is 1. The highest BCUT2D eigenvalue weighted by molar-refractivity contribution is 6.19. The van der Waals surface area contributed by atoms with E-state index in [0.717, 1.165) is 55.1 Å². The van der Waals surface area contributed by atoms with Gasteiger partial charge in [-0.3, -0.25) is 0 Å². The van der Waals surface area contributed by atoms with Crippen molar-refractivity contribution in [2.45, 2.75) is 44.6 Å². The molecule has 0 amide bonds. The lowest BCUT2D eigenvalue weighted by molar-refractivity contribution is 0.669. The van der Waals surface area contributed by atoms with Crippen LogP contribution in [0.5, 0.6) is 0 Å². The predicted octanol–water partition coefficient (Wildman–Crippen LogP) is 15.2. The summed E-state index contributed by atoms with van der Waals surface area (Å²) in [5, 5.41) is 7.33. The molecule has 0 saturated heterocycles. The first-order valence-electron chi connectivity index (χ1n) is 21.0. The Kier molecular flexibility index (Phi) is 8.77. The second-order valence-electron chi connectivity index (χ2n) is 16.1. The number of allylic oxidation sites excluding steroid dienone is 13. The molecule has 0 N–H and O–H groups in total. The third-order valence-electron chi connectivity index (χ3n) is 12.5. The molecule has 0 fully saturated rings. The molecule has 11 rings (SSSR count). The molecule has 4 aliphatic rings. The van der Waals surface area contributed by atoms with E-state index in [1.165, 1.54) is 77.3 Å². The third-order valence-corrected chi connectivity index (χ3v) is 12.5. The minimum Gasteiger partial charge on any atom is -0.456 e. The first-order chi connectivity index (χ1) is 28.7. The van der Waals surface area contributed by atoms with Crippen LogP contribution in [-0.2, 0) is 0 Å². The summed E-state index contributed by atoms with van der Waals surface area (Å²) < 4.78 is 6.28. The largest absolute Gasteiger partial charge is 0.456 e. The van der Waals surface area contributed by atoms with Crippen LogP contribution >= 0.6 is 0 Å². The van der Waals surface area contributed by atoms with Gasteiger partial charge in [0, 0.05) is 28.1 Å². The van der Waals surface area contributed by atoms with Gasteiger partial charge in [-0.15, -0.1) is 0 Å². The number of hydrogen-bond acceptors (Lipinski definition) is 2. The summed E-state index contributed by atoms with van der Waals surface area (Å²) in [5.41, 5.74) is 13.4. The van der Waals surface area contributed by atoms with E-state index < -0.39 is 0 Å². The molecule has 280 valence electrons. The van der Waals surface area contributed by atoms with Crippen molar-refractivity contribution in [3.8, 4) is 11.1 Å². The normalized spacial score (nSPS) is 19.3. The average molecular weight is 748 g/mol. The third kappa shape index (κ3) is 6.30. The zero-order valence-corrected chi connectivity index (χ0v) is 32.7. The lowest BCUT2D eigenvalue weighted by Gasteiger charge is -2.37. The molecule has 58 heavy (non-hydrogen) atoms. The van der Waals surface area contributed by atoms with E-state index in [0.29, 0.717) is 5.92 Å². The van der Waals surface area contributed by atoms with Crippen LogP contribution in [0.2, 0.25) is 0 Å².